The third-order valence-electron chi connectivity index (χ3n) is 4.60. The molecule has 1 aliphatic rings. The topological polar surface area (TPSA) is 56.6 Å². The molecule has 2 aromatic carbocycles. The van der Waals surface area contributed by atoms with Crippen molar-refractivity contribution in [1.29, 1.82) is 5.26 Å². The van der Waals surface area contributed by atoms with Crippen molar-refractivity contribution in [3.8, 4) is 11.8 Å². The molecule has 1 saturated heterocycles. The van der Waals surface area contributed by atoms with Gasteiger partial charge in [-0.25, -0.2) is 0 Å². The molecule has 0 N–H and O–H groups in total. The lowest BCUT2D eigenvalue weighted by molar-refractivity contribution is -0.138. The zero-order chi connectivity index (χ0) is 18.5. The number of hydrogen-bond donors (Lipinski definition) is 0. The van der Waals surface area contributed by atoms with Crippen molar-refractivity contribution in [2.75, 3.05) is 31.1 Å². The molecule has 134 valence electrons. The molecule has 0 spiro atoms. The Kier molecular flexibility index (Phi) is 5.43. The van der Waals surface area contributed by atoms with Gasteiger partial charge in [-0.1, -0.05) is 12.1 Å². The minimum Gasteiger partial charge on any atom is -0.481 e. The molecule has 1 fully saturated rings. The standard InChI is InChI=1S/C21H23N3O2/c1-16-4-3-5-19(14-16)23-10-12-24(13-11-23)21(25)17(2)26-20-8-6-18(15-22)7-9-20/h3-9,14,17H,10-13H2,1-2H3/t17-/m1/s1. The van der Waals surface area contributed by atoms with E-state index < -0.39 is 6.10 Å². The number of nitriles is 1. The number of anilines is 1. The van der Waals surface area contributed by atoms with Crippen LogP contribution in [0.25, 0.3) is 0 Å². The van der Waals surface area contributed by atoms with Crippen LogP contribution in [0.1, 0.15) is 18.1 Å². The van der Waals surface area contributed by atoms with E-state index in [4.69, 9.17) is 10.00 Å². The van der Waals surface area contributed by atoms with E-state index in [1.165, 1.54) is 11.3 Å². The molecule has 0 unspecified atom stereocenters. The molecule has 0 bridgehead atoms. The summed E-state index contributed by atoms with van der Waals surface area (Å²) < 4.78 is 5.74. The number of piperazine rings is 1. The average molecular weight is 349 g/mol. The van der Waals surface area contributed by atoms with Crippen LogP contribution in [0.4, 0.5) is 5.69 Å². The normalized spacial score (nSPS) is 15.3. The molecule has 3 rings (SSSR count). The highest BCUT2D eigenvalue weighted by molar-refractivity contribution is 5.81. The maximum atomic E-state index is 12.7. The molecular weight excluding hydrogens is 326 g/mol. The molecule has 0 radical (unpaired) electrons. The van der Waals surface area contributed by atoms with E-state index >= 15 is 0 Å². The van der Waals surface area contributed by atoms with Gasteiger partial charge in [-0.2, -0.15) is 5.26 Å². The first-order valence-electron chi connectivity index (χ1n) is 8.84. The van der Waals surface area contributed by atoms with Gasteiger partial charge in [0, 0.05) is 31.9 Å². The van der Waals surface area contributed by atoms with Crippen LogP contribution in [-0.4, -0.2) is 43.1 Å². The number of carbonyl (C=O) groups excluding carboxylic acids is 1. The molecule has 0 aromatic heterocycles. The summed E-state index contributed by atoms with van der Waals surface area (Å²) in [6.45, 7) is 6.87. The molecule has 1 heterocycles. The summed E-state index contributed by atoms with van der Waals surface area (Å²) in [7, 11) is 0. The maximum absolute atomic E-state index is 12.7. The van der Waals surface area contributed by atoms with Crippen molar-refractivity contribution in [2.45, 2.75) is 20.0 Å². The van der Waals surface area contributed by atoms with Crippen LogP contribution in [0.15, 0.2) is 48.5 Å². The van der Waals surface area contributed by atoms with Gasteiger partial charge in [0.1, 0.15) is 5.75 Å². The number of nitrogens with zero attached hydrogens (tertiary/aromatic N) is 3. The van der Waals surface area contributed by atoms with Gasteiger partial charge in [0.05, 0.1) is 11.6 Å². The lowest BCUT2D eigenvalue weighted by atomic mass is 10.2. The van der Waals surface area contributed by atoms with Gasteiger partial charge in [-0.05, 0) is 55.8 Å². The van der Waals surface area contributed by atoms with Gasteiger partial charge < -0.3 is 14.5 Å². The number of carbonyl (C=O) groups is 1. The molecule has 1 aliphatic heterocycles. The summed E-state index contributed by atoms with van der Waals surface area (Å²) in [4.78, 5) is 16.8. The van der Waals surface area contributed by atoms with E-state index in [1.54, 1.807) is 31.2 Å². The Bertz CT molecular complexity index is 803. The Morgan fingerprint density at radius 1 is 1.12 bits per heavy atom. The van der Waals surface area contributed by atoms with Crippen LogP contribution in [0, 0.1) is 18.3 Å². The molecule has 5 nitrogen and oxygen atoms in total. The second-order valence-corrected chi connectivity index (χ2v) is 6.55. The highest BCUT2D eigenvalue weighted by Gasteiger charge is 2.26. The predicted molar refractivity (Wildman–Crippen MR) is 101 cm³/mol. The molecule has 1 amide bonds. The van der Waals surface area contributed by atoms with E-state index in [2.05, 4.69) is 42.2 Å². The summed E-state index contributed by atoms with van der Waals surface area (Å²) in [6.07, 6.45) is -0.548. The molecule has 1 atom stereocenters. The fourth-order valence-corrected chi connectivity index (χ4v) is 3.13. The number of hydrogen-bond acceptors (Lipinski definition) is 4. The van der Waals surface area contributed by atoms with Crippen LogP contribution in [0.3, 0.4) is 0 Å². The molecule has 5 heteroatoms. The molecule has 26 heavy (non-hydrogen) atoms. The summed E-state index contributed by atoms with van der Waals surface area (Å²) in [5.41, 5.74) is 3.02. The summed E-state index contributed by atoms with van der Waals surface area (Å²) in [5.74, 6) is 0.599. The highest BCUT2D eigenvalue weighted by Crippen LogP contribution is 2.19. The van der Waals surface area contributed by atoms with Gasteiger partial charge >= 0.3 is 0 Å². The molecule has 2 aromatic rings. The van der Waals surface area contributed by atoms with Crippen molar-refractivity contribution >= 4 is 11.6 Å². The van der Waals surface area contributed by atoms with E-state index in [0.29, 0.717) is 24.4 Å². The van der Waals surface area contributed by atoms with Crippen LogP contribution in [0.5, 0.6) is 5.75 Å². The molecule has 0 saturated carbocycles. The van der Waals surface area contributed by atoms with Crippen molar-refractivity contribution in [1.82, 2.24) is 4.90 Å². The first kappa shape index (κ1) is 17.8. The fraction of sp³-hybridized carbons (Fsp3) is 0.333. The van der Waals surface area contributed by atoms with Gasteiger partial charge in [-0.15, -0.1) is 0 Å². The highest BCUT2D eigenvalue weighted by atomic mass is 16.5. The second kappa shape index (κ2) is 7.92. The maximum Gasteiger partial charge on any atom is 0.263 e. The van der Waals surface area contributed by atoms with Gasteiger partial charge in [0.2, 0.25) is 0 Å². The average Bonchev–Trinajstić information content (AvgIpc) is 2.68. The summed E-state index contributed by atoms with van der Waals surface area (Å²) in [5, 5.41) is 8.83. The first-order chi connectivity index (χ1) is 12.6. The van der Waals surface area contributed by atoms with Crippen LogP contribution in [0.2, 0.25) is 0 Å². The quantitative estimate of drug-likeness (QED) is 0.851. The minimum absolute atomic E-state index is 0.00162. The largest absolute Gasteiger partial charge is 0.481 e. The van der Waals surface area contributed by atoms with Crippen molar-refractivity contribution < 1.29 is 9.53 Å². The smallest absolute Gasteiger partial charge is 0.263 e. The lowest BCUT2D eigenvalue weighted by Crippen LogP contribution is -2.52. The van der Waals surface area contributed by atoms with E-state index in [9.17, 15) is 4.79 Å². The SMILES string of the molecule is Cc1cccc(N2CCN(C(=O)[C@@H](C)Oc3ccc(C#N)cc3)CC2)c1. The number of aryl methyl sites for hydroxylation is 1. The summed E-state index contributed by atoms with van der Waals surface area (Å²) >= 11 is 0. The van der Waals surface area contributed by atoms with Crippen LogP contribution < -0.4 is 9.64 Å². The Labute approximate surface area is 154 Å². The second-order valence-electron chi connectivity index (χ2n) is 6.55. The van der Waals surface area contributed by atoms with E-state index in [-0.39, 0.29) is 5.91 Å². The Morgan fingerprint density at radius 3 is 2.42 bits per heavy atom. The van der Waals surface area contributed by atoms with Gasteiger partial charge in [-0.3, -0.25) is 4.79 Å². The van der Waals surface area contributed by atoms with Crippen LogP contribution >= 0.6 is 0 Å². The number of amides is 1. The fourth-order valence-electron chi connectivity index (χ4n) is 3.13. The third-order valence-corrected chi connectivity index (χ3v) is 4.60. The van der Waals surface area contributed by atoms with Gasteiger partial charge in [0.25, 0.3) is 5.91 Å². The van der Waals surface area contributed by atoms with Crippen molar-refractivity contribution in [2.24, 2.45) is 0 Å². The summed E-state index contributed by atoms with van der Waals surface area (Å²) in [6, 6.07) is 17.3. The van der Waals surface area contributed by atoms with E-state index in [1.807, 2.05) is 4.90 Å². The Balaban J connectivity index is 1.54. The van der Waals surface area contributed by atoms with Crippen molar-refractivity contribution in [3.05, 3.63) is 59.7 Å². The monoisotopic (exact) mass is 349 g/mol. The minimum atomic E-state index is -0.548. The molecule has 0 aliphatic carbocycles. The number of benzene rings is 2. The Hall–Kier alpha value is -3.00. The van der Waals surface area contributed by atoms with Crippen LogP contribution in [-0.2, 0) is 4.79 Å². The Morgan fingerprint density at radius 2 is 1.81 bits per heavy atom. The number of ether oxygens (including phenoxy) is 1. The zero-order valence-electron chi connectivity index (χ0n) is 15.2. The predicted octanol–water partition coefficient (Wildman–Crippen LogP) is 2.98. The third kappa shape index (κ3) is 4.15. The first-order valence-corrected chi connectivity index (χ1v) is 8.84. The van der Waals surface area contributed by atoms with Gasteiger partial charge in [0.15, 0.2) is 6.10 Å². The van der Waals surface area contributed by atoms with Crippen molar-refractivity contribution in [3.63, 3.8) is 0 Å². The molecular formula is C21H23N3O2. The number of rotatable bonds is 4. The van der Waals surface area contributed by atoms with E-state index in [0.717, 1.165) is 13.1 Å². The zero-order valence-corrected chi connectivity index (χ0v) is 15.2. The lowest BCUT2D eigenvalue weighted by Gasteiger charge is -2.37.